The van der Waals surface area contributed by atoms with Crippen LogP contribution in [0.25, 0.3) is 0 Å². The van der Waals surface area contributed by atoms with Crippen LogP contribution in [0.1, 0.15) is 24.2 Å². The van der Waals surface area contributed by atoms with Gasteiger partial charge in [0, 0.05) is 24.5 Å². The topological polar surface area (TPSA) is 84.7 Å². The van der Waals surface area contributed by atoms with E-state index in [4.69, 9.17) is 4.74 Å². The molecule has 2 heterocycles. The third kappa shape index (κ3) is 3.16. The fourth-order valence-corrected chi connectivity index (χ4v) is 3.70. The number of aliphatic hydroxyl groups is 1. The molecule has 1 N–H and O–H groups in total. The van der Waals surface area contributed by atoms with Gasteiger partial charge in [0.1, 0.15) is 6.54 Å². The molecule has 0 bridgehead atoms. The van der Waals surface area contributed by atoms with Crippen LogP contribution in [0.2, 0.25) is 0 Å². The first kappa shape index (κ1) is 16.1. The van der Waals surface area contributed by atoms with Crippen molar-refractivity contribution < 1.29 is 14.6 Å². The molecule has 1 aliphatic heterocycles. The molecule has 23 heavy (non-hydrogen) atoms. The number of carbonyl (C=O) groups is 1. The van der Waals surface area contributed by atoms with Crippen LogP contribution in [0.3, 0.4) is 0 Å². The highest BCUT2D eigenvalue weighted by Gasteiger charge is 2.42. The van der Waals surface area contributed by atoms with Gasteiger partial charge in [0.05, 0.1) is 18.8 Å². The molecule has 3 atom stereocenters. The Bertz CT molecular complexity index is 657. The van der Waals surface area contributed by atoms with Crippen molar-refractivity contribution >= 4 is 5.91 Å². The lowest BCUT2D eigenvalue weighted by Gasteiger charge is -2.37. The number of fused-ring (bicyclic) bond motifs is 1. The zero-order valence-corrected chi connectivity index (χ0v) is 13.6. The third-order valence-electron chi connectivity index (χ3n) is 4.85. The average molecular weight is 321 g/mol. The summed E-state index contributed by atoms with van der Waals surface area (Å²) < 4.78 is 7.16. The summed E-state index contributed by atoms with van der Waals surface area (Å²) in [5, 5.41) is 9.36. The number of amides is 1. The monoisotopic (exact) mass is 321 g/mol. The number of ether oxygens (including phenoxy) is 1. The lowest BCUT2D eigenvalue weighted by molar-refractivity contribution is -0.144. The lowest BCUT2D eigenvalue weighted by atomic mass is 10.1. The summed E-state index contributed by atoms with van der Waals surface area (Å²) in [5.41, 5.74) is 1.00. The number of aliphatic hydroxyl groups excluding tert-OH is 1. The van der Waals surface area contributed by atoms with E-state index in [1.165, 1.54) is 4.57 Å². The zero-order valence-electron chi connectivity index (χ0n) is 13.6. The molecular weight excluding hydrogens is 298 g/mol. The normalized spacial score (nSPS) is 27.1. The van der Waals surface area contributed by atoms with Crippen LogP contribution >= 0.6 is 0 Å². The number of hydrogen-bond donors (Lipinski definition) is 1. The summed E-state index contributed by atoms with van der Waals surface area (Å²) in [6.45, 7) is 4.74. The number of aromatic nitrogens is 2. The Morgan fingerprint density at radius 1 is 1.43 bits per heavy atom. The number of morpholine rings is 1. The standard InChI is InChI=1S/C16H23N3O4/c1-10-5-11(2)19(16(22)17-10)8-15(21)18-3-4-23-14-7-12(9-20)6-13(14)18/h5,12-14,20H,3-4,6-9H2,1-2H3/t12-,13+,14?/m1/s1. The molecule has 0 aromatic carbocycles. The number of carbonyl (C=O) groups excluding carboxylic acids is 1. The molecule has 2 aliphatic rings. The fraction of sp³-hybridized carbons (Fsp3) is 0.688. The van der Waals surface area contributed by atoms with Crippen molar-refractivity contribution in [1.82, 2.24) is 14.5 Å². The molecule has 3 rings (SSSR count). The van der Waals surface area contributed by atoms with Crippen LogP contribution in [-0.2, 0) is 16.1 Å². The van der Waals surface area contributed by atoms with Gasteiger partial charge in [0.15, 0.2) is 0 Å². The molecule has 1 aromatic heterocycles. The van der Waals surface area contributed by atoms with Gasteiger partial charge in [-0.3, -0.25) is 9.36 Å². The minimum atomic E-state index is -0.389. The number of hydrogen-bond acceptors (Lipinski definition) is 5. The van der Waals surface area contributed by atoms with E-state index in [1.54, 1.807) is 13.0 Å². The van der Waals surface area contributed by atoms with Gasteiger partial charge >= 0.3 is 5.69 Å². The highest BCUT2D eigenvalue weighted by molar-refractivity contribution is 5.76. The first-order valence-electron chi connectivity index (χ1n) is 8.06. The SMILES string of the molecule is Cc1cc(C)n(CC(=O)N2CCOC3C[C@H](CO)C[C@@H]32)c(=O)n1. The smallest absolute Gasteiger partial charge is 0.348 e. The van der Waals surface area contributed by atoms with Crippen LogP contribution < -0.4 is 5.69 Å². The van der Waals surface area contributed by atoms with Crippen molar-refractivity contribution in [2.75, 3.05) is 19.8 Å². The molecule has 0 spiro atoms. The third-order valence-corrected chi connectivity index (χ3v) is 4.85. The fourth-order valence-electron chi connectivity index (χ4n) is 3.70. The van der Waals surface area contributed by atoms with E-state index >= 15 is 0 Å². The Labute approximate surface area is 134 Å². The largest absolute Gasteiger partial charge is 0.396 e. The van der Waals surface area contributed by atoms with Crippen molar-refractivity contribution in [3.63, 3.8) is 0 Å². The highest BCUT2D eigenvalue weighted by atomic mass is 16.5. The summed E-state index contributed by atoms with van der Waals surface area (Å²) in [6.07, 6.45) is 1.54. The van der Waals surface area contributed by atoms with Crippen molar-refractivity contribution in [3.05, 3.63) is 27.9 Å². The zero-order chi connectivity index (χ0) is 16.6. The van der Waals surface area contributed by atoms with Crippen molar-refractivity contribution in [2.24, 2.45) is 5.92 Å². The van der Waals surface area contributed by atoms with Gasteiger partial charge in [0.2, 0.25) is 5.91 Å². The van der Waals surface area contributed by atoms with Gasteiger partial charge in [-0.2, -0.15) is 4.98 Å². The molecular formula is C16H23N3O4. The van der Waals surface area contributed by atoms with Crippen LogP contribution in [0.4, 0.5) is 0 Å². The first-order valence-corrected chi connectivity index (χ1v) is 8.06. The Morgan fingerprint density at radius 3 is 2.91 bits per heavy atom. The summed E-state index contributed by atoms with van der Waals surface area (Å²) in [6, 6.07) is 1.80. The Kier molecular flexibility index (Phi) is 4.50. The lowest BCUT2D eigenvalue weighted by Crippen LogP contribution is -2.52. The molecule has 126 valence electrons. The van der Waals surface area contributed by atoms with Crippen LogP contribution in [0.15, 0.2) is 10.9 Å². The molecule has 1 unspecified atom stereocenters. The number of nitrogens with zero attached hydrogens (tertiary/aromatic N) is 3. The van der Waals surface area contributed by atoms with E-state index in [-0.39, 0.29) is 42.8 Å². The summed E-state index contributed by atoms with van der Waals surface area (Å²) in [7, 11) is 0. The molecule has 1 saturated heterocycles. The van der Waals surface area contributed by atoms with E-state index in [0.717, 1.165) is 18.5 Å². The average Bonchev–Trinajstić information content (AvgIpc) is 2.93. The minimum Gasteiger partial charge on any atom is -0.396 e. The summed E-state index contributed by atoms with van der Waals surface area (Å²) in [4.78, 5) is 30.5. The molecule has 1 aromatic rings. The molecule has 1 amide bonds. The maximum atomic E-state index is 12.7. The van der Waals surface area contributed by atoms with Gasteiger partial charge in [-0.05, 0) is 38.7 Å². The van der Waals surface area contributed by atoms with Gasteiger partial charge < -0.3 is 14.7 Å². The second-order valence-electron chi connectivity index (χ2n) is 6.49. The van der Waals surface area contributed by atoms with Gasteiger partial charge in [-0.25, -0.2) is 4.79 Å². The number of rotatable bonds is 3. The van der Waals surface area contributed by atoms with Crippen molar-refractivity contribution in [1.29, 1.82) is 0 Å². The van der Waals surface area contributed by atoms with Gasteiger partial charge in [-0.15, -0.1) is 0 Å². The maximum absolute atomic E-state index is 12.7. The Hall–Kier alpha value is -1.73. The van der Waals surface area contributed by atoms with E-state index < -0.39 is 0 Å². The van der Waals surface area contributed by atoms with E-state index in [1.807, 2.05) is 11.8 Å². The molecule has 0 radical (unpaired) electrons. The predicted octanol–water partition coefficient (Wildman–Crippen LogP) is -0.142. The molecule has 7 nitrogen and oxygen atoms in total. The van der Waals surface area contributed by atoms with E-state index in [0.29, 0.717) is 18.8 Å². The molecule has 1 aliphatic carbocycles. The van der Waals surface area contributed by atoms with E-state index in [9.17, 15) is 14.7 Å². The van der Waals surface area contributed by atoms with Crippen LogP contribution in [-0.4, -0.2) is 57.4 Å². The maximum Gasteiger partial charge on any atom is 0.348 e. The molecule has 7 heteroatoms. The van der Waals surface area contributed by atoms with Crippen LogP contribution in [0.5, 0.6) is 0 Å². The first-order chi connectivity index (χ1) is 11.0. The predicted molar refractivity (Wildman–Crippen MR) is 83.0 cm³/mol. The Balaban J connectivity index is 1.77. The van der Waals surface area contributed by atoms with E-state index in [2.05, 4.69) is 4.98 Å². The summed E-state index contributed by atoms with van der Waals surface area (Å²) >= 11 is 0. The quantitative estimate of drug-likeness (QED) is 0.837. The second kappa shape index (κ2) is 6.41. The van der Waals surface area contributed by atoms with Crippen molar-refractivity contribution in [3.8, 4) is 0 Å². The van der Waals surface area contributed by atoms with Crippen molar-refractivity contribution in [2.45, 2.75) is 45.4 Å². The minimum absolute atomic E-state index is 0.00110. The number of aryl methyl sites for hydroxylation is 2. The second-order valence-corrected chi connectivity index (χ2v) is 6.49. The van der Waals surface area contributed by atoms with Gasteiger partial charge in [0.25, 0.3) is 0 Å². The van der Waals surface area contributed by atoms with Crippen LogP contribution in [0, 0.1) is 19.8 Å². The molecule has 2 fully saturated rings. The molecule has 1 saturated carbocycles. The summed E-state index contributed by atoms with van der Waals surface area (Å²) in [5.74, 6) is 0.0987. The van der Waals surface area contributed by atoms with Gasteiger partial charge in [-0.1, -0.05) is 0 Å². The Morgan fingerprint density at radius 2 is 2.22 bits per heavy atom. The highest BCUT2D eigenvalue weighted by Crippen LogP contribution is 2.34.